The predicted octanol–water partition coefficient (Wildman–Crippen LogP) is 14.0. The van der Waals surface area contributed by atoms with Gasteiger partial charge < -0.3 is 14.4 Å². The molecular formula is C50H35N3. The van der Waals surface area contributed by atoms with Crippen molar-refractivity contribution in [3.05, 3.63) is 212 Å². The number of benzene rings is 9. The molecule has 0 saturated heterocycles. The maximum Gasteiger partial charge on any atom is 0.0583 e. The van der Waals surface area contributed by atoms with Crippen molar-refractivity contribution in [2.24, 2.45) is 0 Å². The number of para-hydroxylation sites is 5. The molecular weight excluding hydrogens is 643 g/mol. The Labute approximate surface area is 308 Å². The maximum absolute atomic E-state index is 2.46. The first-order valence-electron chi connectivity index (χ1n) is 18.1. The highest BCUT2D eigenvalue weighted by molar-refractivity contribution is 6.18. The van der Waals surface area contributed by atoms with E-state index in [0.29, 0.717) is 0 Å². The summed E-state index contributed by atoms with van der Waals surface area (Å²) >= 11 is 0. The van der Waals surface area contributed by atoms with Crippen LogP contribution in [0.2, 0.25) is 0 Å². The number of hydrogen-bond acceptors (Lipinski definition) is 2. The standard InChI is InChI=1S/C50H35N3/c1-5-18-38(19-6-1)51(39-20-7-2-8-21-39)43-34-48(52(40-22-9-3-10-23-40)41-24-11-4-12-25-41)50-45-27-15-16-28-47(45)53(49(50)35-43)42-32-31-37-30-29-36-17-13-14-26-44(36)46(37)33-42/h1-35H. The van der Waals surface area contributed by atoms with Gasteiger partial charge in [-0.05, 0) is 100 Å². The van der Waals surface area contributed by atoms with Gasteiger partial charge in [-0.2, -0.15) is 0 Å². The summed E-state index contributed by atoms with van der Waals surface area (Å²) in [5.41, 5.74) is 9.96. The summed E-state index contributed by atoms with van der Waals surface area (Å²) < 4.78 is 2.46. The van der Waals surface area contributed by atoms with Crippen LogP contribution < -0.4 is 9.80 Å². The van der Waals surface area contributed by atoms with E-state index in [1.807, 2.05) is 0 Å². The van der Waals surface area contributed by atoms with Crippen LogP contribution in [0.1, 0.15) is 0 Å². The molecule has 0 aliphatic heterocycles. The van der Waals surface area contributed by atoms with E-state index in [4.69, 9.17) is 0 Å². The van der Waals surface area contributed by atoms with Crippen molar-refractivity contribution in [3.8, 4) is 5.69 Å². The summed E-state index contributed by atoms with van der Waals surface area (Å²) in [6, 6.07) is 76.4. The Bertz CT molecular complexity index is 2800. The molecule has 53 heavy (non-hydrogen) atoms. The quantitative estimate of drug-likeness (QED) is 0.156. The van der Waals surface area contributed by atoms with Crippen molar-refractivity contribution in [3.63, 3.8) is 0 Å². The molecule has 10 aromatic rings. The molecule has 0 saturated carbocycles. The zero-order chi connectivity index (χ0) is 35.1. The summed E-state index contributed by atoms with van der Waals surface area (Å²) in [6.45, 7) is 0. The number of fused-ring (bicyclic) bond motifs is 6. The molecule has 0 N–H and O–H groups in total. The molecule has 0 spiro atoms. The second-order valence-corrected chi connectivity index (χ2v) is 13.4. The predicted molar refractivity (Wildman–Crippen MR) is 225 cm³/mol. The first-order valence-corrected chi connectivity index (χ1v) is 18.1. The van der Waals surface area contributed by atoms with Gasteiger partial charge in [0.05, 0.1) is 22.4 Å². The molecule has 9 aromatic carbocycles. The number of rotatable bonds is 7. The Morgan fingerprint density at radius 1 is 0.302 bits per heavy atom. The highest BCUT2D eigenvalue weighted by atomic mass is 15.2. The van der Waals surface area contributed by atoms with Gasteiger partial charge in [0.15, 0.2) is 0 Å². The zero-order valence-corrected chi connectivity index (χ0v) is 29.0. The molecule has 1 aromatic heterocycles. The Hall–Kier alpha value is -7.10. The van der Waals surface area contributed by atoms with E-state index in [0.717, 1.165) is 50.8 Å². The van der Waals surface area contributed by atoms with E-state index < -0.39 is 0 Å². The Kier molecular flexibility index (Phi) is 7.47. The lowest BCUT2D eigenvalue weighted by atomic mass is 10.0. The second kappa shape index (κ2) is 12.9. The largest absolute Gasteiger partial charge is 0.310 e. The first kappa shape index (κ1) is 30.7. The van der Waals surface area contributed by atoms with Crippen molar-refractivity contribution in [2.45, 2.75) is 0 Å². The highest BCUT2D eigenvalue weighted by Gasteiger charge is 2.24. The van der Waals surface area contributed by atoms with E-state index >= 15 is 0 Å². The number of anilines is 6. The molecule has 0 amide bonds. The van der Waals surface area contributed by atoms with E-state index in [1.54, 1.807) is 0 Å². The van der Waals surface area contributed by atoms with Gasteiger partial charge in [0.25, 0.3) is 0 Å². The molecule has 0 bridgehead atoms. The summed E-state index contributed by atoms with van der Waals surface area (Å²) in [7, 11) is 0. The van der Waals surface area contributed by atoms with Crippen LogP contribution in [0.3, 0.4) is 0 Å². The fraction of sp³-hybridized carbons (Fsp3) is 0. The molecule has 0 unspecified atom stereocenters. The molecule has 0 radical (unpaired) electrons. The van der Waals surface area contributed by atoms with E-state index in [2.05, 4.69) is 227 Å². The molecule has 10 rings (SSSR count). The average molecular weight is 678 g/mol. The monoisotopic (exact) mass is 677 g/mol. The van der Waals surface area contributed by atoms with Gasteiger partial charge in [-0.25, -0.2) is 0 Å². The van der Waals surface area contributed by atoms with Crippen LogP contribution >= 0.6 is 0 Å². The second-order valence-electron chi connectivity index (χ2n) is 13.4. The number of aromatic nitrogens is 1. The van der Waals surface area contributed by atoms with Crippen molar-refractivity contribution >= 4 is 77.5 Å². The van der Waals surface area contributed by atoms with Gasteiger partial charge in [0.2, 0.25) is 0 Å². The van der Waals surface area contributed by atoms with Gasteiger partial charge in [-0.15, -0.1) is 0 Å². The van der Waals surface area contributed by atoms with Crippen LogP contribution in [-0.4, -0.2) is 4.57 Å². The maximum atomic E-state index is 2.46. The van der Waals surface area contributed by atoms with E-state index in [-0.39, 0.29) is 0 Å². The summed E-state index contributed by atoms with van der Waals surface area (Å²) in [5, 5.41) is 7.36. The molecule has 3 nitrogen and oxygen atoms in total. The van der Waals surface area contributed by atoms with E-state index in [9.17, 15) is 0 Å². The van der Waals surface area contributed by atoms with E-state index in [1.165, 1.54) is 32.3 Å². The minimum atomic E-state index is 1.07. The molecule has 0 aliphatic rings. The third kappa shape index (κ3) is 5.30. The topological polar surface area (TPSA) is 11.4 Å². The smallest absolute Gasteiger partial charge is 0.0583 e. The number of hydrogen-bond donors (Lipinski definition) is 0. The highest BCUT2D eigenvalue weighted by Crippen LogP contribution is 2.48. The molecule has 0 atom stereocenters. The van der Waals surface area contributed by atoms with Crippen molar-refractivity contribution in [1.82, 2.24) is 4.57 Å². The normalized spacial score (nSPS) is 11.4. The van der Waals surface area contributed by atoms with Gasteiger partial charge in [0.1, 0.15) is 0 Å². The lowest BCUT2D eigenvalue weighted by Crippen LogP contribution is -2.14. The minimum absolute atomic E-state index is 1.07. The van der Waals surface area contributed by atoms with Crippen LogP contribution in [0.25, 0.3) is 49.0 Å². The van der Waals surface area contributed by atoms with Crippen LogP contribution in [0.4, 0.5) is 34.1 Å². The fourth-order valence-electron chi connectivity index (χ4n) is 7.95. The van der Waals surface area contributed by atoms with Crippen molar-refractivity contribution in [1.29, 1.82) is 0 Å². The van der Waals surface area contributed by atoms with Gasteiger partial charge in [-0.3, -0.25) is 0 Å². The Morgan fingerprint density at radius 3 is 1.38 bits per heavy atom. The molecule has 3 heteroatoms. The molecule has 1 heterocycles. The molecule has 0 aliphatic carbocycles. The minimum Gasteiger partial charge on any atom is -0.310 e. The third-order valence-corrected chi connectivity index (χ3v) is 10.3. The van der Waals surface area contributed by atoms with Crippen LogP contribution in [0, 0.1) is 0 Å². The lowest BCUT2D eigenvalue weighted by molar-refractivity contribution is 1.18. The molecule has 250 valence electrons. The van der Waals surface area contributed by atoms with Crippen LogP contribution in [-0.2, 0) is 0 Å². The fourth-order valence-corrected chi connectivity index (χ4v) is 7.95. The Balaban J connectivity index is 1.35. The van der Waals surface area contributed by atoms with Crippen molar-refractivity contribution in [2.75, 3.05) is 9.80 Å². The Morgan fingerprint density at radius 2 is 0.774 bits per heavy atom. The molecule has 0 fully saturated rings. The van der Waals surface area contributed by atoms with Gasteiger partial charge >= 0.3 is 0 Å². The van der Waals surface area contributed by atoms with Crippen LogP contribution in [0.15, 0.2) is 212 Å². The van der Waals surface area contributed by atoms with Gasteiger partial charge in [0, 0.05) is 39.2 Å². The SMILES string of the molecule is c1ccc(N(c2ccccc2)c2cc(N(c3ccccc3)c3ccccc3)c3c4ccccc4n(-c4ccc5ccc6ccccc6c5c4)c3c2)cc1. The van der Waals surface area contributed by atoms with Gasteiger partial charge in [-0.1, -0.05) is 133 Å². The lowest BCUT2D eigenvalue weighted by Gasteiger charge is -2.30. The summed E-state index contributed by atoms with van der Waals surface area (Å²) in [4.78, 5) is 4.78. The third-order valence-electron chi connectivity index (χ3n) is 10.3. The summed E-state index contributed by atoms with van der Waals surface area (Å²) in [6.07, 6.45) is 0. The van der Waals surface area contributed by atoms with Crippen molar-refractivity contribution < 1.29 is 0 Å². The number of nitrogens with zero attached hydrogens (tertiary/aromatic N) is 3. The zero-order valence-electron chi connectivity index (χ0n) is 29.0. The average Bonchev–Trinajstić information content (AvgIpc) is 3.57. The summed E-state index contributed by atoms with van der Waals surface area (Å²) in [5.74, 6) is 0. The first-order chi connectivity index (χ1) is 26.3. The van der Waals surface area contributed by atoms with Crippen LogP contribution in [0.5, 0.6) is 0 Å².